The molecule has 0 unspecified atom stereocenters. The highest BCUT2D eigenvalue weighted by Gasteiger charge is 2.37. The zero-order valence-corrected chi connectivity index (χ0v) is 15.0. The number of carbonyl (C=O) groups excluding carboxylic acids is 2. The Hall–Kier alpha value is -1.96. The van der Waals surface area contributed by atoms with Gasteiger partial charge < -0.3 is 19.5 Å². The average molecular weight is 350 g/mol. The Labute approximate surface area is 147 Å². The molecule has 2 fully saturated rings. The molecule has 0 aromatic carbocycles. The summed E-state index contributed by atoms with van der Waals surface area (Å²) in [5.41, 5.74) is 0. The van der Waals surface area contributed by atoms with Crippen molar-refractivity contribution in [3.8, 4) is 0 Å². The normalized spacial score (nSPS) is 23.3. The summed E-state index contributed by atoms with van der Waals surface area (Å²) in [5, 5.41) is 7.10. The third-order valence-corrected chi connectivity index (χ3v) is 4.99. The first-order valence-electron chi connectivity index (χ1n) is 8.91. The molecule has 0 aliphatic carbocycles. The summed E-state index contributed by atoms with van der Waals surface area (Å²) < 4.78 is 10.9. The number of ether oxygens (including phenoxy) is 1. The second-order valence-corrected chi connectivity index (χ2v) is 7.26. The lowest BCUT2D eigenvalue weighted by Crippen LogP contribution is -2.40. The molecule has 138 valence electrons. The highest BCUT2D eigenvalue weighted by atomic mass is 16.5. The lowest BCUT2D eigenvalue weighted by atomic mass is 9.91. The van der Waals surface area contributed by atoms with E-state index in [1.165, 1.54) is 0 Å². The van der Waals surface area contributed by atoms with Crippen molar-refractivity contribution in [1.29, 1.82) is 0 Å². The van der Waals surface area contributed by atoms with E-state index in [9.17, 15) is 9.59 Å². The number of hydrogen-bond acceptors (Lipinski definition) is 6. The number of carbonyl (C=O) groups is 2. The van der Waals surface area contributed by atoms with Gasteiger partial charge in [0.15, 0.2) is 5.82 Å². The van der Waals surface area contributed by atoms with E-state index < -0.39 is 0 Å². The monoisotopic (exact) mass is 350 g/mol. The Bertz CT molecular complexity index is 624. The van der Waals surface area contributed by atoms with E-state index in [1.807, 2.05) is 13.8 Å². The second kappa shape index (κ2) is 7.51. The molecule has 0 radical (unpaired) electrons. The number of aromatic nitrogens is 2. The fourth-order valence-corrected chi connectivity index (χ4v) is 3.35. The lowest BCUT2D eigenvalue weighted by Gasteiger charge is -2.29. The van der Waals surface area contributed by atoms with E-state index in [-0.39, 0.29) is 42.0 Å². The number of nitrogens with one attached hydrogen (secondary N) is 1. The maximum Gasteiger partial charge on any atom is 0.249 e. The minimum Gasteiger partial charge on any atom is -0.381 e. The van der Waals surface area contributed by atoms with Gasteiger partial charge in [0.25, 0.3) is 0 Å². The molecular weight excluding hydrogens is 324 g/mol. The third-order valence-electron chi connectivity index (χ3n) is 4.99. The average Bonchev–Trinajstić information content (AvgIpc) is 3.21. The van der Waals surface area contributed by atoms with Crippen LogP contribution in [0.5, 0.6) is 0 Å². The molecule has 25 heavy (non-hydrogen) atoms. The molecule has 0 bridgehead atoms. The van der Waals surface area contributed by atoms with Crippen LogP contribution in [0.15, 0.2) is 4.52 Å². The fraction of sp³-hybridized carbons (Fsp3) is 0.765. The van der Waals surface area contributed by atoms with Gasteiger partial charge in [-0.1, -0.05) is 19.0 Å². The van der Waals surface area contributed by atoms with Crippen molar-refractivity contribution < 1.29 is 18.8 Å². The Balaban J connectivity index is 1.76. The third kappa shape index (κ3) is 4.00. The van der Waals surface area contributed by atoms with Gasteiger partial charge in [0, 0.05) is 39.1 Å². The standard InChI is InChI=1S/C17H26N4O4/c1-10(2)15-19-17(25-20-15)14(11-4-6-24-7-5-11)18-16(23)12-8-13(22)21(3)9-12/h10-12,14H,4-9H2,1-3H3,(H,18,23)/t12-,14-/m0/s1. The SMILES string of the molecule is CC(C)c1noc([C@@H](NC(=O)[C@H]2CC(=O)N(C)C2)C2CCOCC2)n1. The van der Waals surface area contributed by atoms with Crippen molar-refractivity contribution in [1.82, 2.24) is 20.4 Å². The lowest BCUT2D eigenvalue weighted by molar-refractivity contribution is -0.129. The minimum atomic E-state index is -0.336. The smallest absolute Gasteiger partial charge is 0.249 e. The molecule has 8 nitrogen and oxygen atoms in total. The summed E-state index contributed by atoms with van der Waals surface area (Å²) in [6, 6.07) is -0.336. The van der Waals surface area contributed by atoms with Crippen LogP contribution in [0.4, 0.5) is 0 Å². The maximum absolute atomic E-state index is 12.7. The fourth-order valence-electron chi connectivity index (χ4n) is 3.35. The van der Waals surface area contributed by atoms with Crippen molar-refractivity contribution in [2.24, 2.45) is 11.8 Å². The van der Waals surface area contributed by atoms with Gasteiger partial charge in [0.05, 0.1) is 5.92 Å². The molecule has 3 rings (SSSR count). The van der Waals surface area contributed by atoms with Crippen molar-refractivity contribution >= 4 is 11.8 Å². The van der Waals surface area contributed by atoms with Crippen LogP contribution in [0.25, 0.3) is 0 Å². The number of rotatable bonds is 5. The molecule has 0 saturated carbocycles. The predicted octanol–water partition coefficient (Wildman–Crippen LogP) is 1.26. The van der Waals surface area contributed by atoms with Gasteiger partial charge in [-0.15, -0.1) is 0 Å². The largest absolute Gasteiger partial charge is 0.381 e. The van der Waals surface area contributed by atoms with Crippen molar-refractivity contribution in [3.63, 3.8) is 0 Å². The molecule has 2 aliphatic heterocycles. The summed E-state index contributed by atoms with van der Waals surface area (Å²) in [5.74, 6) is 0.977. The molecule has 2 amide bonds. The number of amides is 2. The summed E-state index contributed by atoms with van der Waals surface area (Å²) in [7, 11) is 1.72. The number of likely N-dealkylation sites (tertiary alicyclic amines) is 1. The van der Waals surface area contributed by atoms with Crippen LogP contribution in [-0.2, 0) is 14.3 Å². The van der Waals surface area contributed by atoms with E-state index in [1.54, 1.807) is 11.9 Å². The molecule has 3 heterocycles. The quantitative estimate of drug-likeness (QED) is 0.858. The van der Waals surface area contributed by atoms with Gasteiger partial charge in [-0.2, -0.15) is 4.98 Å². The van der Waals surface area contributed by atoms with E-state index in [4.69, 9.17) is 9.26 Å². The van der Waals surface area contributed by atoms with Crippen LogP contribution in [0.2, 0.25) is 0 Å². The highest BCUT2D eigenvalue weighted by Crippen LogP contribution is 2.31. The van der Waals surface area contributed by atoms with Gasteiger partial charge in [0.1, 0.15) is 6.04 Å². The predicted molar refractivity (Wildman–Crippen MR) is 88.6 cm³/mol. The minimum absolute atomic E-state index is 0.00245. The molecule has 2 saturated heterocycles. The molecule has 0 spiro atoms. The molecule has 8 heteroatoms. The zero-order valence-electron chi connectivity index (χ0n) is 15.0. The Morgan fingerprint density at radius 3 is 2.60 bits per heavy atom. The Kier molecular flexibility index (Phi) is 5.36. The molecular formula is C17H26N4O4. The maximum atomic E-state index is 12.7. The van der Waals surface area contributed by atoms with Crippen molar-refractivity contribution in [3.05, 3.63) is 11.7 Å². The summed E-state index contributed by atoms with van der Waals surface area (Å²) >= 11 is 0. The first kappa shape index (κ1) is 17.8. The summed E-state index contributed by atoms with van der Waals surface area (Å²) in [6.45, 7) is 5.76. The van der Waals surface area contributed by atoms with Crippen LogP contribution >= 0.6 is 0 Å². The van der Waals surface area contributed by atoms with Crippen LogP contribution in [-0.4, -0.2) is 53.7 Å². The van der Waals surface area contributed by atoms with Crippen molar-refractivity contribution in [2.75, 3.05) is 26.8 Å². The van der Waals surface area contributed by atoms with E-state index >= 15 is 0 Å². The van der Waals surface area contributed by atoms with Gasteiger partial charge in [-0.25, -0.2) is 0 Å². The molecule has 1 aromatic heterocycles. The first-order chi connectivity index (χ1) is 12.0. The molecule has 1 aromatic rings. The zero-order chi connectivity index (χ0) is 18.0. The van der Waals surface area contributed by atoms with Gasteiger partial charge in [-0.3, -0.25) is 9.59 Å². The summed E-state index contributed by atoms with van der Waals surface area (Å²) in [4.78, 5) is 30.5. The van der Waals surface area contributed by atoms with Crippen LogP contribution in [0.3, 0.4) is 0 Å². The van der Waals surface area contributed by atoms with E-state index in [0.717, 1.165) is 12.8 Å². The molecule has 2 aliphatic rings. The van der Waals surface area contributed by atoms with Gasteiger partial charge in [0.2, 0.25) is 17.7 Å². The van der Waals surface area contributed by atoms with E-state index in [2.05, 4.69) is 15.5 Å². The van der Waals surface area contributed by atoms with Gasteiger partial charge in [-0.05, 0) is 18.8 Å². The molecule has 1 N–H and O–H groups in total. The molecule has 2 atom stereocenters. The van der Waals surface area contributed by atoms with E-state index in [0.29, 0.717) is 31.5 Å². The highest BCUT2D eigenvalue weighted by molar-refractivity contribution is 5.89. The number of hydrogen-bond donors (Lipinski definition) is 1. The van der Waals surface area contributed by atoms with Crippen LogP contribution in [0, 0.1) is 11.8 Å². The second-order valence-electron chi connectivity index (χ2n) is 7.26. The van der Waals surface area contributed by atoms with Gasteiger partial charge >= 0.3 is 0 Å². The Morgan fingerprint density at radius 2 is 2.04 bits per heavy atom. The first-order valence-corrected chi connectivity index (χ1v) is 8.91. The Morgan fingerprint density at radius 1 is 1.32 bits per heavy atom. The van der Waals surface area contributed by atoms with Crippen LogP contribution < -0.4 is 5.32 Å². The topological polar surface area (TPSA) is 97.6 Å². The summed E-state index contributed by atoms with van der Waals surface area (Å²) in [6.07, 6.45) is 1.91. The number of nitrogens with zero attached hydrogens (tertiary/aromatic N) is 3. The van der Waals surface area contributed by atoms with Crippen LogP contribution in [0.1, 0.15) is 56.8 Å². The van der Waals surface area contributed by atoms with Crippen molar-refractivity contribution in [2.45, 2.75) is 45.1 Å².